The lowest BCUT2D eigenvalue weighted by Gasteiger charge is -2.12. The molecular weight excluding hydrogens is 124 g/mol. The Hall–Kier alpha value is -0.790. The van der Waals surface area contributed by atoms with Gasteiger partial charge in [0.25, 0.3) is 12.4 Å². The quantitative estimate of drug-likeness (QED) is 0.523. The first kappa shape index (κ1) is 5.96. The minimum absolute atomic E-state index is 0.791. The molecule has 0 saturated heterocycles. The maximum Gasteiger partial charge on any atom is 0.282 e. The number of hydrogen-bond donors (Lipinski definition) is 1. The molecule has 0 aromatic rings. The molecule has 0 amide bonds. The first-order valence-corrected chi connectivity index (χ1v) is 3.93. The van der Waals surface area contributed by atoms with E-state index in [9.17, 15) is 0 Å². The van der Waals surface area contributed by atoms with Gasteiger partial charge in [0.1, 0.15) is 0 Å². The Labute approximate surface area is 61.0 Å². The molecular formula is C8H12N2+. The molecule has 53 valence electrons. The highest BCUT2D eigenvalue weighted by Crippen LogP contribution is 2.19. The van der Waals surface area contributed by atoms with Crippen LogP contribution in [0.4, 0.5) is 0 Å². The van der Waals surface area contributed by atoms with Gasteiger partial charge in [-0.15, -0.1) is 0 Å². The van der Waals surface area contributed by atoms with Gasteiger partial charge in [-0.2, -0.15) is 0 Å². The van der Waals surface area contributed by atoms with Crippen LogP contribution in [0.25, 0.3) is 0 Å². The van der Waals surface area contributed by atoms with Gasteiger partial charge in [0.15, 0.2) is 0 Å². The van der Waals surface area contributed by atoms with Crippen LogP contribution in [0.2, 0.25) is 0 Å². The summed E-state index contributed by atoms with van der Waals surface area (Å²) in [6, 6.07) is 0. The van der Waals surface area contributed by atoms with Crippen molar-refractivity contribution in [1.82, 2.24) is 10.3 Å². The summed E-state index contributed by atoms with van der Waals surface area (Å²) in [5.74, 6) is 0. The number of nitrogens with zero attached hydrogens (tertiary/aromatic N) is 1. The summed E-state index contributed by atoms with van der Waals surface area (Å²) in [4.78, 5) is 4.39. The zero-order chi connectivity index (χ0) is 6.81. The summed E-state index contributed by atoms with van der Waals surface area (Å²) < 4.78 is 0. The van der Waals surface area contributed by atoms with E-state index in [0.29, 0.717) is 0 Å². The van der Waals surface area contributed by atoms with E-state index in [0.717, 1.165) is 6.67 Å². The summed E-state index contributed by atoms with van der Waals surface area (Å²) >= 11 is 0. The minimum atomic E-state index is 0.791. The summed E-state index contributed by atoms with van der Waals surface area (Å²) in [5, 5.41) is 3.13. The van der Waals surface area contributed by atoms with E-state index in [4.69, 9.17) is 0 Å². The van der Waals surface area contributed by atoms with E-state index < -0.39 is 0 Å². The van der Waals surface area contributed by atoms with Crippen molar-refractivity contribution in [2.45, 2.75) is 25.7 Å². The van der Waals surface area contributed by atoms with Crippen molar-refractivity contribution in [3.05, 3.63) is 11.8 Å². The molecule has 1 aliphatic heterocycles. The lowest BCUT2D eigenvalue weighted by molar-refractivity contribution is 0.689. The van der Waals surface area contributed by atoms with Crippen molar-refractivity contribution in [3.8, 4) is 0 Å². The third-order valence-corrected chi connectivity index (χ3v) is 2.12. The first-order valence-electron chi connectivity index (χ1n) is 3.93. The lowest BCUT2D eigenvalue weighted by atomic mass is 9.93. The molecule has 0 atom stereocenters. The predicted molar refractivity (Wildman–Crippen MR) is 41.7 cm³/mol. The molecule has 1 N–H and O–H groups in total. The van der Waals surface area contributed by atoms with Crippen LogP contribution in [0.1, 0.15) is 25.7 Å². The van der Waals surface area contributed by atoms with Gasteiger partial charge in [-0.3, -0.25) is 0 Å². The topological polar surface area (TPSA) is 26.1 Å². The van der Waals surface area contributed by atoms with Gasteiger partial charge in [0.2, 0.25) is 0 Å². The van der Waals surface area contributed by atoms with Crippen molar-refractivity contribution >= 4 is 5.71 Å². The normalized spacial score (nSPS) is 24.0. The zero-order valence-electron chi connectivity index (χ0n) is 6.06. The molecule has 2 nitrogen and oxygen atoms in total. The molecule has 2 rings (SSSR count). The third-order valence-electron chi connectivity index (χ3n) is 2.12. The van der Waals surface area contributed by atoms with Crippen LogP contribution in [0, 0.1) is 0 Å². The van der Waals surface area contributed by atoms with Crippen LogP contribution in [-0.2, 0) is 0 Å². The van der Waals surface area contributed by atoms with Crippen molar-refractivity contribution in [2.24, 2.45) is 0 Å². The van der Waals surface area contributed by atoms with Gasteiger partial charge in [-0.05, 0) is 19.3 Å². The summed E-state index contributed by atoms with van der Waals surface area (Å²) in [6.45, 7) is 0.791. The molecule has 0 aromatic carbocycles. The summed E-state index contributed by atoms with van der Waals surface area (Å²) in [6.07, 6.45) is 7.23. The van der Waals surface area contributed by atoms with Crippen LogP contribution in [-0.4, -0.2) is 12.4 Å². The molecule has 0 bridgehead atoms. The zero-order valence-corrected chi connectivity index (χ0v) is 6.06. The van der Waals surface area contributed by atoms with Crippen LogP contribution in [0.3, 0.4) is 0 Å². The van der Waals surface area contributed by atoms with Gasteiger partial charge in [0.05, 0.1) is 0 Å². The smallest absolute Gasteiger partial charge is 0.282 e. The Balaban J connectivity index is 2.19. The predicted octanol–water partition coefficient (Wildman–Crippen LogP) is 0.782. The molecule has 1 radical (unpaired) electrons. The SMILES string of the molecule is C1=C2CCCCC2=[N+]CN1. The largest absolute Gasteiger partial charge is 0.331 e. The highest BCUT2D eigenvalue weighted by Gasteiger charge is 2.23. The number of fused-ring (bicyclic) bond motifs is 1. The molecule has 10 heavy (non-hydrogen) atoms. The Kier molecular flexibility index (Phi) is 1.46. The maximum atomic E-state index is 4.39. The van der Waals surface area contributed by atoms with Crippen LogP contribution in [0.15, 0.2) is 11.8 Å². The Bertz CT molecular complexity index is 169. The second-order valence-electron chi connectivity index (χ2n) is 2.84. The van der Waals surface area contributed by atoms with Gasteiger partial charge < -0.3 is 5.32 Å². The number of nitrogens with one attached hydrogen (secondary N) is 1. The Morgan fingerprint density at radius 3 is 3.10 bits per heavy atom. The monoisotopic (exact) mass is 136 g/mol. The van der Waals surface area contributed by atoms with E-state index in [1.807, 2.05) is 0 Å². The molecule has 0 spiro atoms. The molecule has 2 aliphatic rings. The van der Waals surface area contributed by atoms with E-state index in [1.54, 1.807) is 0 Å². The van der Waals surface area contributed by atoms with Crippen LogP contribution < -0.4 is 10.3 Å². The van der Waals surface area contributed by atoms with Crippen molar-refractivity contribution in [2.75, 3.05) is 6.67 Å². The second-order valence-corrected chi connectivity index (χ2v) is 2.84. The lowest BCUT2D eigenvalue weighted by Crippen LogP contribution is -2.28. The van der Waals surface area contributed by atoms with E-state index in [2.05, 4.69) is 16.5 Å². The Morgan fingerprint density at radius 1 is 1.30 bits per heavy atom. The van der Waals surface area contributed by atoms with E-state index in [1.165, 1.54) is 37.0 Å². The molecule has 0 unspecified atom stereocenters. The second kappa shape index (κ2) is 2.45. The van der Waals surface area contributed by atoms with Gasteiger partial charge in [0, 0.05) is 23.2 Å². The fraction of sp³-hybridized carbons (Fsp3) is 0.625. The van der Waals surface area contributed by atoms with Crippen molar-refractivity contribution < 1.29 is 0 Å². The highest BCUT2D eigenvalue weighted by molar-refractivity contribution is 6.00. The molecule has 1 aliphatic carbocycles. The fourth-order valence-electron chi connectivity index (χ4n) is 1.56. The first-order chi connectivity index (χ1) is 4.97. The molecule has 1 fully saturated rings. The fourth-order valence-corrected chi connectivity index (χ4v) is 1.56. The van der Waals surface area contributed by atoms with Gasteiger partial charge >= 0.3 is 0 Å². The number of allylic oxidation sites excluding steroid dienone is 1. The van der Waals surface area contributed by atoms with Gasteiger partial charge in [-0.25, -0.2) is 0 Å². The summed E-state index contributed by atoms with van der Waals surface area (Å²) in [5.41, 5.74) is 2.79. The van der Waals surface area contributed by atoms with Crippen molar-refractivity contribution in [3.63, 3.8) is 0 Å². The average Bonchev–Trinajstić information content (AvgIpc) is 2.05. The molecule has 0 aromatic heterocycles. The standard InChI is InChI=1S/C8H12N2/c1-2-4-8-7(3-1)5-9-6-10-8/h5,9H,1-4,6H2/q+1. The van der Waals surface area contributed by atoms with E-state index in [-0.39, 0.29) is 0 Å². The average molecular weight is 136 g/mol. The Morgan fingerprint density at radius 2 is 2.20 bits per heavy atom. The number of rotatable bonds is 0. The van der Waals surface area contributed by atoms with E-state index >= 15 is 0 Å². The minimum Gasteiger partial charge on any atom is -0.331 e. The number of hydrogen-bond acceptors (Lipinski definition) is 2. The van der Waals surface area contributed by atoms with Gasteiger partial charge in [-0.1, -0.05) is 0 Å². The van der Waals surface area contributed by atoms with Crippen LogP contribution >= 0.6 is 0 Å². The molecule has 1 heterocycles. The molecule has 1 saturated carbocycles. The maximum absolute atomic E-state index is 4.39. The van der Waals surface area contributed by atoms with Crippen molar-refractivity contribution in [1.29, 1.82) is 0 Å². The third kappa shape index (κ3) is 0.939. The van der Waals surface area contributed by atoms with Crippen LogP contribution in [0.5, 0.6) is 0 Å². The highest BCUT2D eigenvalue weighted by atomic mass is 15.0. The number of aliphatic imine (C=N–C) groups is 1. The molecule has 2 heteroatoms. The summed E-state index contributed by atoms with van der Waals surface area (Å²) in [7, 11) is 0.